The number of esters is 1. The van der Waals surface area contributed by atoms with Crippen molar-refractivity contribution in [1.29, 1.82) is 0 Å². The van der Waals surface area contributed by atoms with Crippen LogP contribution in [0.15, 0.2) is 18.2 Å². The molecule has 23 heavy (non-hydrogen) atoms. The van der Waals surface area contributed by atoms with Gasteiger partial charge < -0.3 is 9.47 Å². The number of ketones is 1. The molecule has 0 radical (unpaired) electrons. The average molecular weight is 319 g/mol. The fourth-order valence-corrected chi connectivity index (χ4v) is 2.39. The van der Waals surface area contributed by atoms with Gasteiger partial charge in [-0.2, -0.15) is 0 Å². The second-order valence-corrected chi connectivity index (χ2v) is 6.53. The van der Waals surface area contributed by atoms with Gasteiger partial charge in [0.1, 0.15) is 5.60 Å². The molecule has 0 saturated heterocycles. The van der Waals surface area contributed by atoms with Crippen LogP contribution in [0.2, 0.25) is 0 Å². The third kappa shape index (κ3) is 4.31. The van der Waals surface area contributed by atoms with E-state index in [1.54, 1.807) is 39.0 Å². The smallest absolute Gasteiger partial charge is 0.410 e. The van der Waals surface area contributed by atoms with Gasteiger partial charge in [-0.25, -0.2) is 9.59 Å². The maximum atomic E-state index is 12.2. The number of nitrogens with zero attached hydrogens (tertiary/aromatic N) is 1. The Morgan fingerprint density at radius 2 is 1.83 bits per heavy atom. The lowest BCUT2D eigenvalue weighted by molar-refractivity contribution is -0.119. The van der Waals surface area contributed by atoms with E-state index in [0.29, 0.717) is 5.56 Å². The molecule has 0 bridgehead atoms. The Balaban J connectivity index is 2.26. The SMILES string of the molecule is COC(=O)c1ccc2c(c1)CC(=O)CN(C(=O)OC(C)(C)C)C2. The summed E-state index contributed by atoms with van der Waals surface area (Å²) in [7, 11) is 1.31. The van der Waals surface area contributed by atoms with Gasteiger partial charge in [-0.3, -0.25) is 9.69 Å². The summed E-state index contributed by atoms with van der Waals surface area (Å²) < 4.78 is 10.0. The number of amides is 1. The van der Waals surface area contributed by atoms with Crippen LogP contribution in [-0.2, 0) is 27.2 Å². The first-order valence-corrected chi connectivity index (χ1v) is 7.39. The number of methoxy groups -OCH3 is 1. The summed E-state index contributed by atoms with van der Waals surface area (Å²) in [5, 5.41) is 0. The summed E-state index contributed by atoms with van der Waals surface area (Å²) >= 11 is 0. The lowest BCUT2D eigenvalue weighted by atomic mass is 10.0. The molecule has 1 aliphatic rings. The highest BCUT2D eigenvalue weighted by molar-refractivity contribution is 5.91. The van der Waals surface area contributed by atoms with Crippen molar-refractivity contribution in [3.8, 4) is 0 Å². The minimum absolute atomic E-state index is 0.00283. The van der Waals surface area contributed by atoms with Crippen molar-refractivity contribution < 1.29 is 23.9 Å². The molecule has 0 aromatic heterocycles. The maximum absolute atomic E-state index is 12.2. The van der Waals surface area contributed by atoms with Gasteiger partial charge in [0.2, 0.25) is 0 Å². The zero-order valence-corrected chi connectivity index (χ0v) is 13.8. The van der Waals surface area contributed by atoms with Crippen molar-refractivity contribution >= 4 is 17.8 Å². The molecule has 1 aliphatic heterocycles. The number of hydrogen-bond acceptors (Lipinski definition) is 5. The molecule has 0 saturated carbocycles. The number of Topliss-reactive ketones (excluding diaryl/α,β-unsaturated/α-hetero) is 1. The Bertz CT molecular complexity index is 645. The van der Waals surface area contributed by atoms with Crippen LogP contribution >= 0.6 is 0 Å². The number of hydrogen-bond donors (Lipinski definition) is 0. The van der Waals surface area contributed by atoms with Crippen LogP contribution in [0, 0.1) is 0 Å². The quantitative estimate of drug-likeness (QED) is 0.743. The van der Waals surface area contributed by atoms with Crippen molar-refractivity contribution in [3.63, 3.8) is 0 Å². The van der Waals surface area contributed by atoms with Gasteiger partial charge in [0, 0.05) is 13.0 Å². The van der Waals surface area contributed by atoms with Crippen LogP contribution in [0.5, 0.6) is 0 Å². The fourth-order valence-electron chi connectivity index (χ4n) is 2.39. The van der Waals surface area contributed by atoms with Gasteiger partial charge in [-0.15, -0.1) is 0 Å². The van der Waals surface area contributed by atoms with Crippen molar-refractivity contribution in [2.75, 3.05) is 13.7 Å². The molecule has 0 fully saturated rings. The molecule has 1 amide bonds. The van der Waals surface area contributed by atoms with E-state index >= 15 is 0 Å². The first kappa shape index (κ1) is 17.0. The van der Waals surface area contributed by atoms with E-state index < -0.39 is 17.7 Å². The van der Waals surface area contributed by atoms with E-state index in [-0.39, 0.29) is 25.3 Å². The van der Waals surface area contributed by atoms with Gasteiger partial charge in [0.05, 0.1) is 19.2 Å². The highest BCUT2D eigenvalue weighted by Gasteiger charge is 2.27. The summed E-state index contributed by atoms with van der Waals surface area (Å²) in [4.78, 5) is 37.3. The first-order valence-electron chi connectivity index (χ1n) is 7.39. The summed E-state index contributed by atoms with van der Waals surface area (Å²) in [6.07, 6.45) is -0.338. The van der Waals surface area contributed by atoms with Crippen LogP contribution in [0.25, 0.3) is 0 Å². The Morgan fingerprint density at radius 3 is 2.43 bits per heavy atom. The predicted octanol–water partition coefficient (Wildman–Crippen LogP) is 2.34. The van der Waals surface area contributed by atoms with Gasteiger partial charge >= 0.3 is 12.1 Å². The molecule has 1 aromatic rings. The number of carbonyl (C=O) groups excluding carboxylic acids is 3. The van der Waals surface area contributed by atoms with E-state index in [2.05, 4.69) is 0 Å². The lowest BCUT2D eigenvalue weighted by Crippen LogP contribution is -2.38. The second kappa shape index (κ2) is 6.40. The molecule has 0 unspecified atom stereocenters. The third-order valence-corrected chi connectivity index (χ3v) is 3.40. The molecule has 1 heterocycles. The lowest BCUT2D eigenvalue weighted by Gasteiger charge is -2.26. The van der Waals surface area contributed by atoms with Crippen LogP contribution in [-0.4, -0.2) is 42.0 Å². The second-order valence-electron chi connectivity index (χ2n) is 6.53. The standard InChI is InChI=1S/C17H21NO5/c1-17(2,3)23-16(21)18-9-12-6-5-11(15(20)22-4)7-13(12)8-14(19)10-18/h5-7H,8-10H2,1-4H3. The number of ether oxygens (including phenoxy) is 2. The molecule has 1 aromatic carbocycles. The Kier molecular flexibility index (Phi) is 4.73. The maximum Gasteiger partial charge on any atom is 0.410 e. The minimum Gasteiger partial charge on any atom is -0.465 e. The highest BCUT2D eigenvalue weighted by Crippen LogP contribution is 2.21. The Morgan fingerprint density at radius 1 is 1.13 bits per heavy atom. The number of carbonyl (C=O) groups is 3. The Hall–Kier alpha value is -2.37. The largest absolute Gasteiger partial charge is 0.465 e. The van der Waals surface area contributed by atoms with Gasteiger partial charge in [0.25, 0.3) is 0 Å². The molecule has 2 rings (SSSR count). The average Bonchev–Trinajstić information content (AvgIpc) is 2.61. The molecule has 0 spiro atoms. The first-order chi connectivity index (χ1) is 10.7. The van der Waals surface area contributed by atoms with Crippen LogP contribution in [0.1, 0.15) is 42.3 Å². The zero-order chi connectivity index (χ0) is 17.2. The van der Waals surface area contributed by atoms with Crippen LogP contribution < -0.4 is 0 Å². The normalized spacial score (nSPS) is 14.8. The van der Waals surface area contributed by atoms with Crippen LogP contribution in [0.3, 0.4) is 0 Å². The topological polar surface area (TPSA) is 72.9 Å². The molecular weight excluding hydrogens is 298 g/mol. The Labute approximate surface area is 135 Å². The molecule has 0 aliphatic carbocycles. The molecule has 6 nitrogen and oxygen atoms in total. The fraction of sp³-hybridized carbons (Fsp3) is 0.471. The van der Waals surface area contributed by atoms with Crippen molar-refractivity contribution in [3.05, 3.63) is 34.9 Å². The number of benzene rings is 1. The third-order valence-electron chi connectivity index (χ3n) is 3.40. The van der Waals surface area contributed by atoms with Gasteiger partial charge in [0.15, 0.2) is 5.78 Å². The highest BCUT2D eigenvalue weighted by atomic mass is 16.6. The van der Waals surface area contributed by atoms with E-state index in [1.807, 2.05) is 0 Å². The zero-order valence-electron chi connectivity index (χ0n) is 13.8. The minimum atomic E-state index is -0.621. The predicted molar refractivity (Wildman–Crippen MR) is 83.1 cm³/mol. The van der Waals surface area contributed by atoms with Gasteiger partial charge in [-0.1, -0.05) is 6.07 Å². The summed E-state index contributed by atoms with van der Waals surface area (Å²) in [5.41, 5.74) is 1.34. The van der Waals surface area contributed by atoms with Crippen molar-refractivity contribution in [2.45, 2.75) is 39.3 Å². The summed E-state index contributed by atoms with van der Waals surface area (Å²) in [6, 6.07) is 5.03. The van der Waals surface area contributed by atoms with Crippen molar-refractivity contribution in [2.24, 2.45) is 0 Å². The molecular formula is C17H21NO5. The monoisotopic (exact) mass is 319 g/mol. The summed E-state index contributed by atoms with van der Waals surface area (Å²) in [5.74, 6) is -0.551. The molecule has 6 heteroatoms. The van der Waals surface area contributed by atoms with E-state index in [1.165, 1.54) is 12.0 Å². The molecule has 0 N–H and O–H groups in total. The van der Waals surface area contributed by atoms with E-state index in [4.69, 9.17) is 9.47 Å². The van der Waals surface area contributed by atoms with Gasteiger partial charge in [-0.05, 0) is 44.0 Å². The number of rotatable bonds is 1. The molecule has 124 valence electrons. The number of fused-ring (bicyclic) bond motifs is 1. The van der Waals surface area contributed by atoms with Crippen molar-refractivity contribution in [1.82, 2.24) is 4.90 Å². The van der Waals surface area contributed by atoms with Crippen LogP contribution in [0.4, 0.5) is 4.79 Å². The summed E-state index contributed by atoms with van der Waals surface area (Å²) in [6.45, 7) is 5.61. The van der Waals surface area contributed by atoms with E-state index in [0.717, 1.165) is 11.1 Å². The van der Waals surface area contributed by atoms with E-state index in [9.17, 15) is 14.4 Å². The molecule has 0 atom stereocenters.